The molecule has 0 amide bonds. The molecule has 1 atom stereocenters. The van der Waals surface area contributed by atoms with Crippen LogP contribution in [0.1, 0.15) is 12.8 Å². The SMILES string of the molecule is O=S([O-])c1ccc(Nc2nc(-c3ccccc3)cc(N3CCC(O)CC3)n2)cc1. The van der Waals surface area contributed by atoms with Gasteiger partial charge >= 0.3 is 0 Å². The highest BCUT2D eigenvalue weighted by Crippen LogP contribution is 2.27. The van der Waals surface area contributed by atoms with Crippen molar-refractivity contribution in [2.75, 3.05) is 23.3 Å². The number of hydrogen-bond donors (Lipinski definition) is 2. The first-order valence-electron chi connectivity index (χ1n) is 9.42. The van der Waals surface area contributed by atoms with Crippen molar-refractivity contribution in [2.24, 2.45) is 0 Å². The predicted octanol–water partition coefficient (Wildman–Crippen LogP) is 3.09. The molecule has 1 fully saturated rings. The van der Waals surface area contributed by atoms with Crippen molar-refractivity contribution < 1.29 is 13.9 Å². The van der Waals surface area contributed by atoms with E-state index >= 15 is 0 Å². The third-order valence-electron chi connectivity index (χ3n) is 4.87. The van der Waals surface area contributed by atoms with Crippen molar-refractivity contribution in [2.45, 2.75) is 23.8 Å². The van der Waals surface area contributed by atoms with Gasteiger partial charge in [0.1, 0.15) is 5.82 Å². The fraction of sp³-hybridized carbons (Fsp3) is 0.238. The molecular formula is C21H21N4O3S-. The van der Waals surface area contributed by atoms with Gasteiger partial charge in [0.2, 0.25) is 5.95 Å². The van der Waals surface area contributed by atoms with Crippen molar-refractivity contribution in [1.82, 2.24) is 9.97 Å². The van der Waals surface area contributed by atoms with E-state index in [4.69, 9.17) is 0 Å². The average molecular weight is 409 g/mol. The third kappa shape index (κ3) is 4.79. The average Bonchev–Trinajstić information content (AvgIpc) is 2.75. The molecule has 150 valence electrons. The van der Waals surface area contributed by atoms with Crippen LogP contribution in [0, 0.1) is 0 Å². The first-order valence-corrected chi connectivity index (χ1v) is 10.5. The lowest BCUT2D eigenvalue weighted by molar-refractivity contribution is 0.145. The number of aliphatic hydroxyl groups excluding tert-OH is 1. The monoisotopic (exact) mass is 409 g/mol. The van der Waals surface area contributed by atoms with Gasteiger partial charge in [-0.05, 0) is 48.2 Å². The molecule has 1 aliphatic rings. The van der Waals surface area contributed by atoms with Gasteiger partial charge < -0.3 is 19.9 Å². The highest BCUT2D eigenvalue weighted by molar-refractivity contribution is 7.79. The summed E-state index contributed by atoms with van der Waals surface area (Å²) in [4.78, 5) is 11.7. The van der Waals surface area contributed by atoms with Crippen LogP contribution in [0.3, 0.4) is 0 Å². The Morgan fingerprint density at radius 3 is 2.38 bits per heavy atom. The van der Waals surface area contributed by atoms with Crippen LogP contribution < -0.4 is 10.2 Å². The Labute approximate surface area is 171 Å². The maximum absolute atomic E-state index is 11.0. The molecular weight excluding hydrogens is 388 g/mol. The van der Waals surface area contributed by atoms with Gasteiger partial charge in [0, 0.05) is 35.3 Å². The highest BCUT2D eigenvalue weighted by Gasteiger charge is 2.20. The van der Waals surface area contributed by atoms with E-state index in [1.807, 2.05) is 36.4 Å². The van der Waals surface area contributed by atoms with Crippen LogP contribution in [0.25, 0.3) is 11.3 Å². The highest BCUT2D eigenvalue weighted by atomic mass is 32.2. The van der Waals surface area contributed by atoms with Crippen LogP contribution in [-0.2, 0) is 11.1 Å². The third-order valence-corrected chi connectivity index (χ3v) is 5.53. The first-order chi connectivity index (χ1) is 14.1. The molecule has 29 heavy (non-hydrogen) atoms. The second-order valence-electron chi connectivity index (χ2n) is 6.90. The minimum atomic E-state index is -2.26. The summed E-state index contributed by atoms with van der Waals surface area (Å²) in [5, 5.41) is 13.0. The standard InChI is InChI=1S/C21H22N4O3S/c26-17-10-12-25(13-11-17)20-14-19(15-4-2-1-3-5-15)23-21(24-20)22-16-6-8-18(9-7-16)29(27)28/h1-9,14,17,26H,10-13H2,(H,27,28)(H,22,23,24)/p-1. The van der Waals surface area contributed by atoms with Gasteiger partial charge in [0.15, 0.2) is 0 Å². The fourth-order valence-corrected chi connectivity index (χ4v) is 3.64. The molecule has 0 aliphatic carbocycles. The Kier molecular flexibility index (Phi) is 5.84. The minimum absolute atomic E-state index is 0.224. The smallest absolute Gasteiger partial charge is 0.229 e. The molecule has 0 saturated carbocycles. The number of aliphatic hydroxyl groups is 1. The molecule has 1 aromatic heterocycles. The molecule has 1 saturated heterocycles. The van der Waals surface area contributed by atoms with E-state index in [0.29, 0.717) is 24.5 Å². The van der Waals surface area contributed by atoms with E-state index in [1.165, 1.54) is 12.1 Å². The van der Waals surface area contributed by atoms with Crippen molar-refractivity contribution in [3.63, 3.8) is 0 Å². The molecule has 7 nitrogen and oxygen atoms in total. The summed E-state index contributed by atoms with van der Waals surface area (Å²) in [5.74, 6) is 1.23. The number of aromatic nitrogens is 2. The van der Waals surface area contributed by atoms with Gasteiger partial charge in [-0.3, -0.25) is 4.21 Å². The lowest BCUT2D eigenvalue weighted by Crippen LogP contribution is -2.36. The van der Waals surface area contributed by atoms with Gasteiger partial charge in [-0.15, -0.1) is 0 Å². The summed E-state index contributed by atoms with van der Waals surface area (Å²) < 4.78 is 22.1. The summed E-state index contributed by atoms with van der Waals surface area (Å²) in [5.41, 5.74) is 2.47. The number of nitrogens with one attached hydrogen (secondary N) is 1. The van der Waals surface area contributed by atoms with Crippen LogP contribution in [0.4, 0.5) is 17.5 Å². The second kappa shape index (κ2) is 8.69. The van der Waals surface area contributed by atoms with E-state index in [9.17, 15) is 13.9 Å². The molecule has 2 heterocycles. The van der Waals surface area contributed by atoms with Crippen molar-refractivity contribution >= 4 is 28.5 Å². The molecule has 0 spiro atoms. The molecule has 2 N–H and O–H groups in total. The van der Waals surface area contributed by atoms with Crippen LogP contribution >= 0.6 is 0 Å². The first kappa shape index (κ1) is 19.5. The summed E-state index contributed by atoms with van der Waals surface area (Å²) in [7, 11) is 0. The number of piperidine rings is 1. The maximum Gasteiger partial charge on any atom is 0.229 e. The van der Waals surface area contributed by atoms with E-state index < -0.39 is 11.1 Å². The van der Waals surface area contributed by atoms with Gasteiger partial charge in [-0.2, -0.15) is 4.98 Å². The predicted molar refractivity (Wildman–Crippen MR) is 112 cm³/mol. The van der Waals surface area contributed by atoms with Gasteiger partial charge in [-0.25, -0.2) is 4.98 Å². The van der Waals surface area contributed by atoms with Crippen LogP contribution in [-0.4, -0.2) is 43.0 Å². The number of anilines is 3. The van der Waals surface area contributed by atoms with Crippen LogP contribution in [0.15, 0.2) is 65.6 Å². The molecule has 3 aromatic rings. The normalized spacial score (nSPS) is 15.9. The Bertz CT molecular complexity index is 991. The molecule has 1 aliphatic heterocycles. The Hall–Kier alpha value is -2.81. The van der Waals surface area contributed by atoms with Crippen molar-refractivity contribution in [3.8, 4) is 11.3 Å². The molecule has 2 aromatic carbocycles. The van der Waals surface area contributed by atoms with Crippen LogP contribution in [0.2, 0.25) is 0 Å². The zero-order chi connectivity index (χ0) is 20.2. The molecule has 0 bridgehead atoms. The van der Waals surface area contributed by atoms with E-state index in [1.54, 1.807) is 12.1 Å². The second-order valence-corrected chi connectivity index (χ2v) is 7.84. The quantitative estimate of drug-likeness (QED) is 0.625. The molecule has 8 heteroatoms. The zero-order valence-corrected chi connectivity index (χ0v) is 16.5. The number of benzene rings is 2. The number of nitrogens with zero attached hydrogens (tertiary/aromatic N) is 3. The topological polar surface area (TPSA) is 101 Å². The summed E-state index contributed by atoms with van der Waals surface area (Å²) in [6.07, 6.45) is 1.16. The van der Waals surface area contributed by atoms with Gasteiger partial charge in [0.25, 0.3) is 0 Å². The largest absolute Gasteiger partial charge is 0.768 e. The Morgan fingerprint density at radius 1 is 1.03 bits per heavy atom. The van der Waals surface area contributed by atoms with E-state index in [0.717, 1.165) is 30.2 Å². The molecule has 0 radical (unpaired) electrons. The van der Waals surface area contributed by atoms with E-state index in [-0.39, 0.29) is 11.0 Å². The van der Waals surface area contributed by atoms with E-state index in [2.05, 4.69) is 20.2 Å². The zero-order valence-electron chi connectivity index (χ0n) is 15.7. The fourth-order valence-electron chi connectivity index (χ4n) is 3.28. The number of hydrogen-bond acceptors (Lipinski definition) is 7. The number of rotatable bonds is 5. The Morgan fingerprint density at radius 2 is 1.72 bits per heavy atom. The van der Waals surface area contributed by atoms with Crippen molar-refractivity contribution in [1.29, 1.82) is 0 Å². The molecule has 1 unspecified atom stereocenters. The minimum Gasteiger partial charge on any atom is -0.768 e. The van der Waals surface area contributed by atoms with Gasteiger partial charge in [-0.1, -0.05) is 30.3 Å². The van der Waals surface area contributed by atoms with Crippen molar-refractivity contribution in [3.05, 3.63) is 60.7 Å². The lowest BCUT2D eigenvalue weighted by Gasteiger charge is -2.30. The maximum atomic E-state index is 11.0. The summed E-state index contributed by atoms with van der Waals surface area (Å²) in [6, 6.07) is 18.2. The Balaban J connectivity index is 1.66. The van der Waals surface area contributed by atoms with Crippen LogP contribution in [0.5, 0.6) is 0 Å². The molecule has 4 rings (SSSR count). The van der Waals surface area contributed by atoms with Gasteiger partial charge in [0.05, 0.1) is 11.8 Å². The summed E-state index contributed by atoms with van der Waals surface area (Å²) >= 11 is -2.26. The lowest BCUT2D eigenvalue weighted by atomic mass is 10.1. The summed E-state index contributed by atoms with van der Waals surface area (Å²) in [6.45, 7) is 1.46.